The molecule has 2 aliphatic heterocycles. The molecule has 1 fully saturated rings. The first-order chi connectivity index (χ1) is 11.8. The first-order valence-corrected chi connectivity index (χ1v) is 8.92. The Kier molecular flexibility index (Phi) is 4.34. The number of carbonyl (C=O) groups excluding carboxylic acids is 1. The van der Waals surface area contributed by atoms with Crippen LogP contribution in [0.25, 0.3) is 0 Å². The topological polar surface area (TPSA) is 41.4 Å². The van der Waals surface area contributed by atoms with E-state index in [9.17, 15) is 4.79 Å². The van der Waals surface area contributed by atoms with Crippen LogP contribution in [-0.4, -0.2) is 58.2 Å². The van der Waals surface area contributed by atoms with Crippen LogP contribution in [0.3, 0.4) is 0 Å². The molecule has 0 N–H and O–H groups in total. The number of rotatable bonds is 4. The predicted octanol–water partition coefficient (Wildman–Crippen LogP) is 1.83. The lowest BCUT2D eigenvalue weighted by molar-refractivity contribution is 0.0632. The van der Waals surface area contributed by atoms with Gasteiger partial charge < -0.3 is 4.90 Å². The molecule has 0 aliphatic carbocycles. The Balaban J connectivity index is 1.28. The van der Waals surface area contributed by atoms with Crippen LogP contribution in [0, 0.1) is 0 Å². The van der Waals surface area contributed by atoms with Crippen molar-refractivity contribution in [3.63, 3.8) is 0 Å². The van der Waals surface area contributed by atoms with Gasteiger partial charge in [0, 0.05) is 45.0 Å². The molecule has 24 heavy (non-hydrogen) atoms. The Morgan fingerprint density at radius 3 is 2.58 bits per heavy atom. The molecule has 1 aromatic heterocycles. The van der Waals surface area contributed by atoms with E-state index in [-0.39, 0.29) is 5.91 Å². The van der Waals surface area contributed by atoms with Gasteiger partial charge in [-0.3, -0.25) is 14.4 Å². The second-order valence-electron chi connectivity index (χ2n) is 6.72. The molecule has 0 radical (unpaired) electrons. The standard InChI is InChI=1S/C19H24N4O/c24-19(18-15-17-7-4-9-23(17)20-18)22-13-11-21(12-14-22)10-8-16-5-2-1-3-6-16/h1-3,5-6,15H,4,7-14H2. The normalized spacial score (nSPS) is 17.9. The molecule has 3 heterocycles. The fourth-order valence-corrected chi connectivity index (χ4v) is 3.63. The number of aryl methyl sites for hydroxylation is 2. The number of nitrogens with zero attached hydrogens (tertiary/aromatic N) is 4. The van der Waals surface area contributed by atoms with Crippen LogP contribution < -0.4 is 0 Å². The van der Waals surface area contributed by atoms with Crippen LogP contribution in [0.2, 0.25) is 0 Å². The van der Waals surface area contributed by atoms with Crippen molar-refractivity contribution >= 4 is 5.91 Å². The zero-order valence-electron chi connectivity index (χ0n) is 14.0. The van der Waals surface area contributed by atoms with E-state index in [0.29, 0.717) is 5.69 Å². The van der Waals surface area contributed by atoms with Crippen LogP contribution in [0.1, 0.15) is 28.2 Å². The number of hydrogen-bond acceptors (Lipinski definition) is 3. The average Bonchev–Trinajstić information content (AvgIpc) is 3.23. The average molecular weight is 324 g/mol. The minimum atomic E-state index is 0.0969. The van der Waals surface area contributed by atoms with Crippen molar-refractivity contribution < 1.29 is 4.79 Å². The lowest BCUT2D eigenvalue weighted by Crippen LogP contribution is -2.49. The van der Waals surface area contributed by atoms with Crippen molar-refractivity contribution in [2.45, 2.75) is 25.8 Å². The lowest BCUT2D eigenvalue weighted by atomic mass is 10.1. The van der Waals surface area contributed by atoms with Crippen LogP contribution >= 0.6 is 0 Å². The quantitative estimate of drug-likeness (QED) is 0.862. The second kappa shape index (κ2) is 6.77. The summed E-state index contributed by atoms with van der Waals surface area (Å²) in [6.45, 7) is 5.52. The maximum absolute atomic E-state index is 12.6. The minimum Gasteiger partial charge on any atom is -0.335 e. The zero-order chi connectivity index (χ0) is 16.4. The maximum atomic E-state index is 12.6. The summed E-state index contributed by atoms with van der Waals surface area (Å²) in [6.07, 6.45) is 3.27. The predicted molar refractivity (Wildman–Crippen MR) is 93.0 cm³/mol. The number of fused-ring (bicyclic) bond motifs is 1. The Bertz CT molecular complexity index is 680. The zero-order valence-corrected chi connectivity index (χ0v) is 14.0. The maximum Gasteiger partial charge on any atom is 0.274 e. The van der Waals surface area contributed by atoms with Gasteiger partial charge in [-0.15, -0.1) is 0 Å². The summed E-state index contributed by atoms with van der Waals surface area (Å²) in [4.78, 5) is 17.0. The number of carbonyl (C=O) groups is 1. The number of benzene rings is 1. The molecule has 1 aromatic carbocycles. The smallest absolute Gasteiger partial charge is 0.274 e. The van der Waals surface area contributed by atoms with Crippen LogP contribution in [-0.2, 0) is 19.4 Å². The summed E-state index contributed by atoms with van der Waals surface area (Å²) in [5, 5.41) is 4.47. The molecular weight excluding hydrogens is 300 g/mol. The van der Waals surface area contributed by atoms with Gasteiger partial charge in [-0.2, -0.15) is 5.10 Å². The summed E-state index contributed by atoms with van der Waals surface area (Å²) in [7, 11) is 0. The molecule has 1 saturated heterocycles. The third kappa shape index (κ3) is 3.22. The lowest BCUT2D eigenvalue weighted by Gasteiger charge is -2.34. The van der Waals surface area contributed by atoms with Gasteiger partial charge >= 0.3 is 0 Å². The Hall–Kier alpha value is -2.14. The highest BCUT2D eigenvalue weighted by molar-refractivity contribution is 5.92. The summed E-state index contributed by atoms with van der Waals surface area (Å²) >= 11 is 0. The van der Waals surface area contributed by atoms with Crippen molar-refractivity contribution in [3.05, 3.63) is 53.3 Å². The molecule has 5 nitrogen and oxygen atoms in total. The second-order valence-corrected chi connectivity index (χ2v) is 6.72. The van der Waals surface area contributed by atoms with E-state index in [1.165, 1.54) is 11.3 Å². The SMILES string of the molecule is O=C(c1cc2n(n1)CCC2)N1CCN(CCc2ccccc2)CC1. The van der Waals surface area contributed by atoms with Crippen molar-refractivity contribution in [1.29, 1.82) is 0 Å². The number of aromatic nitrogens is 2. The Morgan fingerprint density at radius 2 is 1.83 bits per heavy atom. The van der Waals surface area contributed by atoms with E-state index in [2.05, 4.69) is 40.3 Å². The summed E-state index contributed by atoms with van der Waals surface area (Å²) in [5.74, 6) is 0.0969. The fraction of sp³-hybridized carbons (Fsp3) is 0.474. The molecule has 5 heteroatoms. The van der Waals surface area contributed by atoms with Gasteiger partial charge in [0.2, 0.25) is 0 Å². The van der Waals surface area contributed by atoms with Gasteiger partial charge in [0.15, 0.2) is 5.69 Å². The first kappa shape index (κ1) is 15.4. The molecule has 4 rings (SSSR count). The fourth-order valence-electron chi connectivity index (χ4n) is 3.63. The summed E-state index contributed by atoms with van der Waals surface area (Å²) < 4.78 is 1.99. The highest BCUT2D eigenvalue weighted by Gasteiger charge is 2.25. The summed E-state index contributed by atoms with van der Waals surface area (Å²) in [5.41, 5.74) is 3.21. The highest BCUT2D eigenvalue weighted by Crippen LogP contribution is 2.17. The van der Waals surface area contributed by atoms with Gasteiger partial charge in [-0.25, -0.2) is 0 Å². The Labute approximate surface area is 142 Å². The third-order valence-electron chi connectivity index (χ3n) is 5.10. The molecule has 126 valence electrons. The van der Waals surface area contributed by atoms with Crippen molar-refractivity contribution in [2.24, 2.45) is 0 Å². The number of amides is 1. The van der Waals surface area contributed by atoms with Crippen molar-refractivity contribution in [1.82, 2.24) is 19.6 Å². The number of hydrogen-bond donors (Lipinski definition) is 0. The van der Waals surface area contributed by atoms with E-state index >= 15 is 0 Å². The molecular formula is C19H24N4O. The van der Waals surface area contributed by atoms with E-state index in [4.69, 9.17) is 0 Å². The number of piperazine rings is 1. The third-order valence-corrected chi connectivity index (χ3v) is 5.10. The van der Waals surface area contributed by atoms with Gasteiger partial charge in [0.1, 0.15) is 0 Å². The van der Waals surface area contributed by atoms with Gasteiger partial charge in [-0.05, 0) is 30.9 Å². The van der Waals surface area contributed by atoms with E-state index in [1.54, 1.807) is 0 Å². The van der Waals surface area contributed by atoms with Gasteiger partial charge in [-0.1, -0.05) is 30.3 Å². The van der Waals surface area contributed by atoms with Crippen LogP contribution in [0.5, 0.6) is 0 Å². The highest BCUT2D eigenvalue weighted by atomic mass is 16.2. The molecule has 1 amide bonds. The monoisotopic (exact) mass is 324 g/mol. The van der Waals surface area contributed by atoms with Crippen molar-refractivity contribution in [2.75, 3.05) is 32.7 Å². The van der Waals surface area contributed by atoms with E-state index in [0.717, 1.165) is 58.5 Å². The molecule has 2 aliphatic rings. The first-order valence-electron chi connectivity index (χ1n) is 8.92. The van der Waals surface area contributed by atoms with Gasteiger partial charge in [0.25, 0.3) is 5.91 Å². The molecule has 0 atom stereocenters. The van der Waals surface area contributed by atoms with Crippen LogP contribution in [0.15, 0.2) is 36.4 Å². The molecule has 0 saturated carbocycles. The van der Waals surface area contributed by atoms with E-state index < -0.39 is 0 Å². The van der Waals surface area contributed by atoms with Crippen LogP contribution in [0.4, 0.5) is 0 Å². The molecule has 0 spiro atoms. The van der Waals surface area contributed by atoms with Crippen molar-refractivity contribution in [3.8, 4) is 0 Å². The minimum absolute atomic E-state index is 0.0969. The molecule has 0 unspecified atom stereocenters. The van der Waals surface area contributed by atoms with E-state index in [1.807, 2.05) is 15.6 Å². The summed E-state index contributed by atoms with van der Waals surface area (Å²) in [6, 6.07) is 12.6. The Morgan fingerprint density at radius 1 is 1.04 bits per heavy atom. The largest absolute Gasteiger partial charge is 0.335 e. The molecule has 0 bridgehead atoms. The van der Waals surface area contributed by atoms with Gasteiger partial charge in [0.05, 0.1) is 0 Å². The molecule has 2 aromatic rings.